The van der Waals surface area contributed by atoms with E-state index in [0.29, 0.717) is 5.89 Å². The first-order valence-electron chi connectivity index (χ1n) is 8.16. The molecule has 4 heteroatoms. The molecule has 0 saturated heterocycles. The molecule has 1 aromatic heterocycles. The number of aromatic nitrogens is 1. The molecule has 0 saturated carbocycles. The molecule has 0 amide bonds. The van der Waals surface area contributed by atoms with Crippen LogP contribution in [-0.4, -0.2) is 16.1 Å². The Balaban J connectivity index is 1.52. The van der Waals surface area contributed by atoms with Crippen molar-refractivity contribution in [2.45, 2.75) is 0 Å². The van der Waals surface area contributed by atoms with E-state index in [0.717, 1.165) is 27.8 Å². The molecule has 0 fully saturated rings. The minimum atomic E-state index is -0.921. The molecule has 0 unspecified atom stereocenters. The molecule has 4 rings (SSSR count). The average molecular weight is 341 g/mol. The fourth-order valence-electron chi connectivity index (χ4n) is 2.66. The van der Waals surface area contributed by atoms with Crippen LogP contribution in [0.4, 0.5) is 0 Å². The van der Waals surface area contributed by atoms with Crippen molar-refractivity contribution < 1.29 is 14.3 Å². The van der Waals surface area contributed by atoms with E-state index in [9.17, 15) is 4.79 Å². The number of carboxylic acid groups (broad SMARTS) is 1. The van der Waals surface area contributed by atoms with E-state index in [2.05, 4.69) is 4.98 Å². The van der Waals surface area contributed by atoms with Gasteiger partial charge in [0.25, 0.3) is 0 Å². The van der Waals surface area contributed by atoms with Gasteiger partial charge in [0.1, 0.15) is 5.52 Å². The first-order valence-corrected chi connectivity index (χ1v) is 8.16. The summed E-state index contributed by atoms with van der Waals surface area (Å²) in [6.07, 6.45) is 3.92. The summed E-state index contributed by atoms with van der Waals surface area (Å²) in [7, 11) is 0. The minimum Gasteiger partial charge on any atom is -0.478 e. The summed E-state index contributed by atoms with van der Waals surface area (Å²) < 4.78 is 5.78. The zero-order chi connectivity index (χ0) is 17.9. The van der Waals surface area contributed by atoms with E-state index in [-0.39, 0.29) is 5.56 Å². The number of hydrogen-bond acceptors (Lipinski definition) is 3. The molecule has 0 atom stereocenters. The lowest BCUT2D eigenvalue weighted by Crippen LogP contribution is -1.94. The van der Waals surface area contributed by atoms with Crippen molar-refractivity contribution in [2.75, 3.05) is 0 Å². The van der Waals surface area contributed by atoms with Crippen molar-refractivity contribution in [2.24, 2.45) is 0 Å². The highest BCUT2D eigenvalue weighted by Gasteiger charge is 2.07. The highest BCUT2D eigenvalue weighted by atomic mass is 16.4. The molecule has 0 bridgehead atoms. The van der Waals surface area contributed by atoms with Crippen LogP contribution in [0.25, 0.3) is 34.7 Å². The normalized spacial score (nSPS) is 11.2. The Morgan fingerprint density at radius 2 is 1.46 bits per heavy atom. The molecule has 1 N–H and O–H groups in total. The molecule has 1 heterocycles. The van der Waals surface area contributed by atoms with E-state index in [1.54, 1.807) is 24.3 Å². The largest absolute Gasteiger partial charge is 0.478 e. The van der Waals surface area contributed by atoms with Gasteiger partial charge in [0, 0.05) is 5.56 Å². The monoisotopic (exact) mass is 341 g/mol. The van der Waals surface area contributed by atoms with Gasteiger partial charge in [-0.15, -0.1) is 0 Å². The van der Waals surface area contributed by atoms with Gasteiger partial charge in [-0.05, 0) is 47.5 Å². The molecule has 0 aliphatic heterocycles. The van der Waals surface area contributed by atoms with Crippen LogP contribution in [0.1, 0.15) is 21.5 Å². The third-order valence-electron chi connectivity index (χ3n) is 4.08. The first-order chi connectivity index (χ1) is 12.7. The van der Waals surface area contributed by atoms with Crippen LogP contribution >= 0.6 is 0 Å². The summed E-state index contributed by atoms with van der Waals surface area (Å²) in [5.74, 6) is -0.318. The maximum atomic E-state index is 10.9. The minimum absolute atomic E-state index is 0.282. The lowest BCUT2D eigenvalue weighted by molar-refractivity contribution is 0.0697. The van der Waals surface area contributed by atoms with Crippen molar-refractivity contribution in [3.63, 3.8) is 0 Å². The second-order valence-electron chi connectivity index (χ2n) is 5.87. The van der Waals surface area contributed by atoms with E-state index in [1.807, 2.05) is 60.7 Å². The van der Waals surface area contributed by atoms with Gasteiger partial charge in [-0.2, -0.15) is 0 Å². The Bertz CT molecular complexity index is 1060. The summed E-state index contributed by atoms with van der Waals surface area (Å²) in [5, 5.41) is 8.92. The Morgan fingerprint density at radius 1 is 0.846 bits per heavy atom. The Labute approximate surface area is 150 Å². The number of benzene rings is 3. The summed E-state index contributed by atoms with van der Waals surface area (Å²) in [4.78, 5) is 15.4. The van der Waals surface area contributed by atoms with Crippen molar-refractivity contribution in [1.29, 1.82) is 0 Å². The number of para-hydroxylation sites is 2. The maximum Gasteiger partial charge on any atom is 0.335 e. The lowest BCUT2D eigenvalue weighted by atomic mass is 10.1. The molecule has 26 heavy (non-hydrogen) atoms. The highest BCUT2D eigenvalue weighted by Crippen LogP contribution is 2.24. The summed E-state index contributed by atoms with van der Waals surface area (Å²) in [6, 6.07) is 22.4. The van der Waals surface area contributed by atoms with Crippen LogP contribution in [-0.2, 0) is 0 Å². The van der Waals surface area contributed by atoms with Crippen molar-refractivity contribution >= 4 is 29.2 Å². The van der Waals surface area contributed by atoms with Gasteiger partial charge >= 0.3 is 5.97 Å². The molecular weight excluding hydrogens is 326 g/mol. The van der Waals surface area contributed by atoms with E-state index in [1.165, 1.54) is 0 Å². The number of oxazole rings is 1. The second-order valence-corrected chi connectivity index (χ2v) is 5.87. The maximum absolute atomic E-state index is 10.9. The third-order valence-corrected chi connectivity index (χ3v) is 4.08. The zero-order valence-electron chi connectivity index (χ0n) is 13.8. The molecule has 126 valence electrons. The highest BCUT2D eigenvalue weighted by molar-refractivity contribution is 5.88. The summed E-state index contributed by atoms with van der Waals surface area (Å²) in [5.41, 5.74) is 4.80. The van der Waals surface area contributed by atoms with Crippen LogP contribution in [0.5, 0.6) is 0 Å². The third kappa shape index (κ3) is 3.26. The van der Waals surface area contributed by atoms with Crippen molar-refractivity contribution in [3.8, 4) is 11.5 Å². The van der Waals surface area contributed by atoms with Gasteiger partial charge in [0.2, 0.25) is 5.89 Å². The number of fused-ring (bicyclic) bond motifs is 1. The molecular formula is C22H15NO3. The van der Waals surface area contributed by atoms with Crippen LogP contribution in [0.2, 0.25) is 0 Å². The smallest absolute Gasteiger partial charge is 0.335 e. The van der Waals surface area contributed by atoms with E-state index in [4.69, 9.17) is 9.52 Å². The number of carbonyl (C=O) groups is 1. The van der Waals surface area contributed by atoms with Gasteiger partial charge in [0.15, 0.2) is 5.58 Å². The lowest BCUT2D eigenvalue weighted by Gasteiger charge is -1.98. The predicted molar refractivity (Wildman–Crippen MR) is 102 cm³/mol. The summed E-state index contributed by atoms with van der Waals surface area (Å²) in [6.45, 7) is 0. The van der Waals surface area contributed by atoms with Gasteiger partial charge < -0.3 is 9.52 Å². The predicted octanol–water partition coefficient (Wildman–Crippen LogP) is 5.36. The standard InChI is InChI=1S/C22H15NO3/c24-22(25)18-13-9-16(10-14-18)6-5-15-7-11-17(12-8-15)21-23-19-3-1-2-4-20(19)26-21/h1-14H,(H,24,25). The van der Waals surface area contributed by atoms with Crippen molar-refractivity contribution in [1.82, 2.24) is 4.98 Å². The number of aromatic carboxylic acids is 1. The van der Waals surface area contributed by atoms with E-state index < -0.39 is 5.97 Å². The zero-order valence-corrected chi connectivity index (χ0v) is 13.8. The molecule has 0 aliphatic carbocycles. The number of nitrogens with zero attached hydrogens (tertiary/aromatic N) is 1. The quantitative estimate of drug-likeness (QED) is 0.507. The van der Waals surface area contributed by atoms with Gasteiger partial charge in [0.05, 0.1) is 5.56 Å². The molecule has 0 radical (unpaired) electrons. The van der Waals surface area contributed by atoms with Gasteiger partial charge in [-0.3, -0.25) is 0 Å². The number of hydrogen-bond donors (Lipinski definition) is 1. The van der Waals surface area contributed by atoms with Gasteiger partial charge in [-0.25, -0.2) is 9.78 Å². The fourth-order valence-corrected chi connectivity index (χ4v) is 2.66. The SMILES string of the molecule is O=C(O)c1ccc(C=Cc2ccc(-c3nc4ccccc4o3)cc2)cc1. The average Bonchev–Trinajstić information content (AvgIpc) is 3.11. The first kappa shape index (κ1) is 15.8. The van der Waals surface area contributed by atoms with Gasteiger partial charge in [-0.1, -0.05) is 48.6 Å². The van der Waals surface area contributed by atoms with Crippen LogP contribution in [0.15, 0.2) is 77.2 Å². The van der Waals surface area contributed by atoms with Crippen LogP contribution in [0, 0.1) is 0 Å². The van der Waals surface area contributed by atoms with Crippen molar-refractivity contribution in [3.05, 3.63) is 89.5 Å². The molecule has 4 nitrogen and oxygen atoms in total. The molecule has 0 aliphatic rings. The topological polar surface area (TPSA) is 63.3 Å². The molecule has 3 aromatic carbocycles. The second kappa shape index (κ2) is 6.69. The Morgan fingerprint density at radius 3 is 2.08 bits per heavy atom. The Kier molecular flexibility index (Phi) is 4.07. The Hall–Kier alpha value is -3.66. The fraction of sp³-hybridized carbons (Fsp3) is 0. The number of carboxylic acids is 1. The van der Waals surface area contributed by atoms with Crippen LogP contribution < -0.4 is 0 Å². The summed E-state index contributed by atoms with van der Waals surface area (Å²) >= 11 is 0. The number of rotatable bonds is 4. The molecule has 0 spiro atoms. The van der Waals surface area contributed by atoms with E-state index >= 15 is 0 Å². The molecule has 4 aromatic rings. The van der Waals surface area contributed by atoms with Crippen LogP contribution in [0.3, 0.4) is 0 Å².